The molecule has 1 aliphatic rings. The third-order valence-corrected chi connectivity index (χ3v) is 2.83. The molecule has 1 aromatic heterocycles. The molecule has 0 spiro atoms. The molecule has 88 valence electrons. The van der Waals surface area contributed by atoms with E-state index in [0.717, 1.165) is 22.8 Å². The van der Waals surface area contributed by atoms with Crippen LogP contribution in [0.2, 0.25) is 0 Å². The minimum Gasteiger partial charge on any atom is -0.469 e. The first kappa shape index (κ1) is 10.2. The molecule has 1 unspecified atom stereocenters. The maximum absolute atomic E-state index is 6.12. The van der Waals surface area contributed by atoms with Crippen LogP contribution in [-0.4, -0.2) is 6.79 Å². The molecule has 0 amide bonds. The SMILES string of the molecule is NC(Cc1ccco1)c1ccc2c(c1)OCO2. The Hall–Kier alpha value is -1.94. The normalized spacial score (nSPS) is 14.9. The van der Waals surface area contributed by atoms with Gasteiger partial charge < -0.3 is 19.6 Å². The first-order chi connectivity index (χ1) is 8.33. The van der Waals surface area contributed by atoms with E-state index in [0.29, 0.717) is 6.42 Å². The lowest BCUT2D eigenvalue weighted by atomic mass is 10.0. The van der Waals surface area contributed by atoms with Crippen LogP contribution in [0.4, 0.5) is 0 Å². The van der Waals surface area contributed by atoms with E-state index in [2.05, 4.69) is 0 Å². The molecule has 2 aromatic rings. The van der Waals surface area contributed by atoms with Crippen LogP contribution in [-0.2, 0) is 6.42 Å². The Morgan fingerprint density at radius 3 is 2.88 bits per heavy atom. The Labute approximate surface area is 98.9 Å². The van der Waals surface area contributed by atoms with E-state index in [1.807, 2.05) is 30.3 Å². The lowest BCUT2D eigenvalue weighted by Gasteiger charge is -2.10. The fraction of sp³-hybridized carbons (Fsp3) is 0.231. The molecule has 3 rings (SSSR count). The van der Waals surface area contributed by atoms with Crippen molar-refractivity contribution >= 4 is 0 Å². The van der Waals surface area contributed by atoms with Gasteiger partial charge in [-0.05, 0) is 29.8 Å². The average Bonchev–Trinajstić information content (AvgIpc) is 2.97. The molecule has 0 radical (unpaired) electrons. The Kier molecular flexibility index (Phi) is 2.49. The summed E-state index contributed by atoms with van der Waals surface area (Å²) in [4.78, 5) is 0. The van der Waals surface area contributed by atoms with Crippen LogP contribution in [0, 0.1) is 0 Å². The number of hydrogen-bond acceptors (Lipinski definition) is 4. The molecule has 0 fully saturated rings. The van der Waals surface area contributed by atoms with Gasteiger partial charge in [-0.3, -0.25) is 0 Å². The van der Waals surface area contributed by atoms with Gasteiger partial charge in [-0.2, -0.15) is 0 Å². The van der Waals surface area contributed by atoms with Crippen LogP contribution in [0.25, 0.3) is 0 Å². The van der Waals surface area contributed by atoms with Crippen LogP contribution in [0.3, 0.4) is 0 Å². The molecule has 1 atom stereocenters. The highest BCUT2D eigenvalue weighted by molar-refractivity contribution is 5.45. The molecule has 0 saturated carbocycles. The van der Waals surface area contributed by atoms with Gasteiger partial charge >= 0.3 is 0 Å². The summed E-state index contributed by atoms with van der Waals surface area (Å²) in [5, 5.41) is 0. The van der Waals surface area contributed by atoms with Crippen LogP contribution >= 0.6 is 0 Å². The fourth-order valence-electron chi connectivity index (χ4n) is 1.91. The van der Waals surface area contributed by atoms with Crippen molar-refractivity contribution in [3.63, 3.8) is 0 Å². The van der Waals surface area contributed by atoms with Gasteiger partial charge in [-0.15, -0.1) is 0 Å². The van der Waals surface area contributed by atoms with Gasteiger partial charge in [0, 0.05) is 12.5 Å². The van der Waals surface area contributed by atoms with Crippen LogP contribution in [0.15, 0.2) is 41.0 Å². The van der Waals surface area contributed by atoms with Crippen LogP contribution in [0.5, 0.6) is 11.5 Å². The topological polar surface area (TPSA) is 57.6 Å². The lowest BCUT2D eigenvalue weighted by molar-refractivity contribution is 0.174. The smallest absolute Gasteiger partial charge is 0.231 e. The molecule has 1 aliphatic heterocycles. The maximum Gasteiger partial charge on any atom is 0.231 e. The first-order valence-corrected chi connectivity index (χ1v) is 5.50. The molecular formula is C13H13NO3. The van der Waals surface area contributed by atoms with Gasteiger partial charge in [0.05, 0.1) is 6.26 Å². The molecule has 17 heavy (non-hydrogen) atoms. The number of ether oxygens (including phenoxy) is 2. The Bertz CT molecular complexity index is 507. The summed E-state index contributed by atoms with van der Waals surface area (Å²) in [6, 6.07) is 9.46. The van der Waals surface area contributed by atoms with E-state index in [9.17, 15) is 0 Å². The summed E-state index contributed by atoms with van der Waals surface area (Å²) >= 11 is 0. The minimum absolute atomic E-state index is 0.101. The predicted molar refractivity (Wildman–Crippen MR) is 61.9 cm³/mol. The number of hydrogen-bond donors (Lipinski definition) is 1. The number of rotatable bonds is 3. The summed E-state index contributed by atoms with van der Waals surface area (Å²) in [6.45, 7) is 0.284. The van der Waals surface area contributed by atoms with Crippen molar-refractivity contribution in [1.82, 2.24) is 0 Å². The molecular weight excluding hydrogens is 218 g/mol. The van der Waals surface area contributed by atoms with Gasteiger partial charge in [-0.1, -0.05) is 6.07 Å². The van der Waals surface area contributed by atoms with E-state index < -0.39 is 0 Å². The first-order valence-electron chi connectivity index (χ1n) is 5.50. The van der Waals surface area contributed by atoms with Gasteiger partial charge in [0.15, 0.2) is 11.5 Å². The van der Waals surface area contributed by atoms with Crippen molar-refractivity contribution in [1.29, 1.82) is 0 Å². The number of fused-ring (bicyclic) bond motifs is 1. The number of benzene rings is 1. The second kappa shape index (κ2) is 4.14. The second-order valence-corrected chi connectivity index (χ2v) is 4.00. The Morgan fingerprint density at radius 2 is 2.06 bits per heavy atom. The lowest BCUT2D eigenvalue weighted by Crippen LogP contribution is -2.12. The molecule has 2 N–H and O–H groups in total. The third-order valence-electron chi connectivity index (χ3n) is 2.83. The zero-order valence-corrected chi connectivity index (χ0v) is 9.26. The monoisotopic (exact) mass is 231 g/mol. The van der Waals surface area contributed by atoms with Gasteiger partial charge in [-0.25, -0.2) is 0 Å². The van der Waals surface area contributed by atoms with Crippen molar-refractivity contribution in [2.24, 2.45) is 5.73 Å². The predicted octanol–water partition coefficient (Wildman–Crippen LogP) is 2.25. The van der Waals surface area contributed by atoms with Crippen LogP contribution in [0.1, 0.15) is 17.4 Å². The maximum atomic E-state index is 6.12. The summed E-state index contributed by atoms with van der Waals surface area (Å²) in [7, 11) is 0. The largest absolute Gasteiger partial charge is 0.469 e. The quantitative estimate of drug-likeness (QED) is 0.880. The zero-order chi connectivity index (χ0) is 11.7. The number of nitrogens with two attached hydrogens (primary N) is 1. The van der Waals surface area contributed by atoms with E-state index in [4.69, 9.17) is 19.6 Å². The molecule has 0 saturated heterocycles. The van der Waals surface area contributed by atoms with Crippen molar-refractivity contribution < 1.29 is 13.9 Å². The number of furan rings is 1. The Morgan fingerprint density at radius 1 is 1.18 bits per heavy atom. The van der Waals surface area contributed by atoms with Gasteiger partial charge in [0.2, 0.25) is 6.79 Å². The Balaban J connectivity index is 1.79. The zero-order valence-electron chi connectivity index (χ0n) is 9.26. The minimum atomic E-state index is -0.101. The summed E-state index contributed by atoms with van der Waals surface area (Å²) in [5.74, 6) is 2.42. The second-order valence-electron chi connectivity index (χ2n) is 4.00. The molecule has 4 nitrogen and oxygen atoms in total. The van der Waals surface area contributed by atoms with E-state index in [-0.39, 0.29) is 12.8 Å². The van der Waals surface area contributed by atoms with Gasteiger partial charge in [0.1, 0.15) is 5.76 Å². The van der Waals surface area contributed by atoms with Gasteiger partial charge in [0.25, 0.3) is 0 Å². The van der Waals surface area contributed by atoms with Crippen molar-refractivity contribution in [3.8, 4) is 11.5 Å². The average molecular weight is 231 g/mol. The molecule has 4 heteroatoms. The fourth-order valence-corrected chi connectivity index (χ4v) is 1.91. The highest BCUT2D eigenvalue weighted by Gasteiger charge is 2.16. The third kappa shape index (κ3) is 1.99. The van der Waals surface area contributed by atoms with Crippen LogP contribution < -0.4 is 15.2 Å². The van der Waals surface area contributed by atoms with E-state index >= 15 is 0 Å². The highest BCUT2D eigenvalue weighted by Crippen LogP contribution is 2.34. The van der Waals surface area contributed by atoms with E-state index in [1.54, 1.807) is 6.26 Å². The van der Waals surface area contributed by atoms with Crippen molar-refractivity contribution in [2.45, 2.75) is 12.5 Å². The highest BCUT2D eigenvalue weighted by atomic mass is 16.7. The summed E-state index contributed by atoms with van der Waals surface area (Å²) < 4.78 is 15.9. The summed E-state index contributed by atoms with van der Waals surface area (Å²) in [5.41, 5.74) is 7.14. The molecule has 2 heterocycles. The standard InChI is InChI=1S/C13H13NO3/c14-11(7-10-2-1-5-15-10)9-3-4-12-13(6-9)17-8-16-12/h1-6,11H,7-8,14H2. The van der Waals surface area contributed by atoms with Crippen molar-refractivity contribution in [2.75, 3.05) is 6.79 Å². The molecule has 1 aromatic carbocycles. The summed E-state index contributed by atoms with van der Waals surface area (Å²) in [6.07, 6.45) is 2.33. The molecule has 0 bridgehead atoms. The van der Waals surface area contributed by atoms with Crippen molar-refractivity contribution in [3.05, 3.63) is 47.9 Å². The van der Waals surface area contributed by atoms with E-state index in [1.165, 1.54) is 0 Å². The molecule has 0 aliphatic carbocycles.